The third kappa shape index (κ3) is 2.82. The molecule has 19 heavy (non-hydrogen) atoms. The number of furan rings is 1. The van der Waals surface area contributed by atoms with Crippen molar-refractivity contribution in [2.75, 3.05) is 6.54 Å². The molecule has 0 radical (unpaired) electrons. The third-order valence-corrected chi connectivity index (χ3v) is 3.11. The average molecular weight is 341 g/mol. The minimum absolute atomic E-state index is 0.0303. The van der Waals surface area contributed by atoms with Crippen LogP contribution in [0.2, 0.25) is 0 Å². The minimum Gasteiger partial charge on any atom is -0.464 e. The molecule has 1 aromatic rings. The van der Waals surface area contributed by atoms with Gasteiger partial charge in [0.25, 0.3) is 11.8 Å². The maximum atomic E-state index is 12.2. The molecule has 98 valence electrons. The Morgan fingerprint density at radius 1 is 1.53 bits per heavy atom. The number of nitrogens with zero attached hydrogens (tertiary/aromatic N) is 1. The first-order valence-corrected chi connectivity index (χ1v) is 6.47. The summed E-state index contributed by atoms with van der Waals surface area (Å²) in [5.74, 6) is -0.610. The van der Waals surface area contributed by atoms with E-state index in [-0.39, 0.29) is 17.2 Å². The number of hydrogen-bond acceptors (Lipinski definition) is 4. The first kappa shape index (κ1) is 13.7. The Kier molecular flexibility index (Phi) is 3.96. The molecule has 2 rings (SSSR count). The number of rotatable bonds is 3. The summed E-state index contributed by atoms with van der Waals surface area (Å²) in [5.41, 5.74) is -0.0303. The van der Waals surface area contributed by atoms with Crippen molar-refractivity contribution in [3.05, 3.63) is 40.8 Å². The van der Waals surface area contributed by atoms with Crippen LogP contribution < -0.4 is 5.32 Å². The summed E-state index contributed by atoms with van der Waals surface area (Å²) in [4.78, 5) is 25.2. The van der Waals surface area contributed by atoms with E-state index in [1.54, 1.807) is 6.07 Å². The molecule has 0 aliphatic carbocycles. The molecule has 0 saturated carbocycles. The molecule has 1 aliphatic heterocycles. The standard InChI is InChI=1S/C12H9BrN2O3S/c1-2-3-15-11(17)9(10(16)14-12(15)19)5-8-4-7(13)6-18-8/h2,4-6H,1,3H2,(H,14,16,19). The maximum absolute atomic E-state index is 12.2. The molecule has 1 aliphatic rings. The normalized spacial score (nSPS) is 17.8. The Bertz CT molecular complexity index is 606. The summed E-state index contributed by atoms with van der Waals surface area (Å²) >= 11 is 8.16. The highest BCUT2D eigenvalue weighted by Crippen LogP contribution is 2.19. The summed E-state index contributed by atoms with van der Waals surface area (Å²) in [6.45, 7) is 3.78. The quantitative estimate of drug-likeness (QED) is 0.395. The summed E-state index contributed by atoms with van der Waals surface area (Å²) in [6, 6.07) is 1.65. The van der Waals surface area contributed by atoms with Crippen LogP contribution in [-0.2, 0) is 9.59 Å². The monoisotopic (exact) mass is 340 g/mol. The lowest BCUT2D eigenvalue weighted by Crippen LogP contribution is -2.53. The first-order valence-electron chi connectivity index (χ1n) is 5.26. The Morgan fingerprint density at radius 3 is 2.84 bits per heavy atom. The van der Waals surface area contributed by atoms with Crippen molar-refractivity contribution < 1.29 is 14.0 Å². The molecule has 5 nitrogen and oxygen atoms in total. The van der Waals surface area contributed by atoms with Crippen LogP contribution in [0, 0.1) is 0 Å². The van der Waals surface area contributed by atoms with Crippen molar-refractivity contribution in [3.63, 3.8) is 0 Å². The van der Waals surface area contributed by atoms with Gasteiger partial charge in [0.1, 0.15) is 17.6 Å². The zero-order chi connectivity index (χ0) is 14.0. The summed E-state index contributed by atoms with van der Waals surface area (Å²) in [6.07, 6.45) is 4.37. The van der Waals surface area contributed by atoms with Gasteiger partial charge in [-0.2, -0.15) is 0 Å². The van der Waals surface area contributed by atoms with Gasteiger partial charge in [0.15, 0.2) is 5.11 Å². The van der Waals surface area contributed by atoms with Crippen LogP contribution in [-0.4, -0.2) is 28.4 Å². The highest BCUT2D eigenvalue weighted by molar-refractivity contribution is 9.10. The molecule has 1 fully saturated rings. The predicted octanol–water partition coefficient (Wildman–Crippen LogP) is 1.85. The van der Waals surface area contributed by atoms with Crippen LogP contribution in [0.4, 0.5) is 0 Å². The SMILES string of the molecule is C=CCN1C(=O)C(=Cc2cc(Br)co2)C(=O)NC1=S. The fraction of sp³-hybridized carbons (Fsp3) is 0.0833. The second-order valence-electron chi connectivity index (χ2n) is 3.69. The lowest BCUT2D eigenvalue weighted by molar-refractivity contribution is -0.128. The highest BCUT2D eigenvalue weighted by Gasteiger charge is 2.32. The van der Waals surface area contributed by atoms with Gasteiger partial charge in [-0.1, -0.05) is 6.08 Å². The fourth-order valence-corrected chi connectivity index (χ4v) is 2.10. The minimum atomic E-state index is -0.539. The summed E-state index contributed by atoms with van der Waals surface area (Å²) in [5, 5.41) is 2.53. The van der Waals surface area contributed by atoms with E-state index in [1.165, 1.54) is 23.3 Å². The van der Waals surface area contributed by atoms with E-state index >= 15 is 0 Å². The van der Waals surface area contributed by atoms with Gasteiger partial charge in [-0.3, -0.25) is 19.8 Å². The van der Waals surface area contributed by atoms with E-state index in [9.17, 15) is 9.59 Å². The molecule has 7 heteroatoms. The molecular formula is C12H9BrN2O3S. The van der Waals surface area contributed by atoms with Crippen LogP contribution in [0.15, 0.2) is 39.4 Å². The zero-order valence-electron chi connectivity index (χ0n) is 9.68. The van der Waals surface area contributed by atoms with Gasteiger partial charge in [-0.05, 0) is 40.3 Å². The molecule has 1 N–H and O–H groups in total. The number of carbonyl (C=O) groups is 2. The number of amides is 2. The molecule has 2 amide bonds. The molecule has 1 saturated heterocycles. The third-order valence-electron chi connectivity index (χ3n) is 2.37. The summed E-state index contributed by atoms with van der Waals surface area (Å²) in [7, 11) is 0. The fourth-order valence-electron chi connectivity index (χ4n) is 1.54. The Hall–Kier alpha value is -1.73. The van der Waals surface area contributed by atoms with Gasteiger partial charge in [0.05, 0.1) is 4.47 Å². The van der Waals surface area contributed by atoms with Gasteiger partial charge in [0, 0.05) is 6.54 Å². The second-order valence-corrected chi connectivity index (χ2v) is 4.99. The van der Waals surface area contributed by atoms with E-state index in [4.69, 9.17) is 16.6 Å². The smallest absolute Gasteiger partial charge is 0.266 e. The van der Waals surface area contributed by atoms with Crippen LogP contribution >= 0.6 is 28.1 Å². The van der Waals surface area contributed by atoms with E-state index in [0.29, 0.717) is 5.76 Å². The number of hydrogen-bond donors (Lipinski definition) is 1. The van der Waals surface area contributed by atoms with Crippen molar-refractivity contribution in [2.45, 2.75) is 0 Å². The second kappa shape index (κ2) is 5.50. The lowest BCUT2D eigenvalue weighted by Gasteiger charge is -2.27. The molecule has 0 spiro atoms. The van der Waals surface area contributed by atoms with E-state index in [1.807, 2.05) is 0 Å². The van der Waals surface area contributed by atoms with Crippen LogP contribution in [0.1, 0.15) is 5.76 Å². The van der Waals surface area contributed by atoms with Crippen LogP contribution in [0.3, 0.4) is 0 Å². The molecule has 0 unspecified atom stereocenters. The number of nitrogens with one attached hydrogen (secondary N) is 1. The number of halogens is 1. The molecular weight excluding hydrogens is 332 g/mol. The van der Waals surface area contributed by atoms with Gasteiger partial charge in [-0.15, -0.1) is 6.58 Å². The van der Waals surface area contributed by atoms with Crippen molar-refractivity contribution in [3.8, 4) is 0 Å². The van der Waals surface area contributed by atoms with Gasteiger partial charge in [-0.25, -0.2) is 0 Å². The van der Waals surface area contributed by atoms with Crippen molar-refractivity contribution in [2.24, 2.45) is 0 Å². The Labute approximate surface area is 123 Å². The van der Waals surface area contributed by atoms with Gasteiger partial charge >= 0.3 is 0 Å². The Morgan fingerprint density at radius 2 is 2.26 bits per heavy atom. The van der Waals surface area contributed by atoms with E-state index in [0.717, 1.165) is 4.47 Å². The molecule has 0 bridgehead atoms. The van der Waals surface area contributed by atoms with Crippen molar-refractivity contribution >= 4 is 51.2 Å². The van der Waals surface area contributed by atoms with Crippen molar-refractivity contribution in [1.29, 1.82) is 0 Å². The molecule has 0 atom stereocenters. The highest BCUT2D eigenvalue weighted by atomic mass is 79.9. The average Bonchev–Trinajstić information content (AvgIpc) is 2.76. The molecule has 2 heterocycles. The first-order chi connectivity index (χ1) is 9.02. The van der Waals surface area contributed by atoms with E-state index < -0.39 is 11.8 Å². The maximum Gasteiger partial charge on any atom is 0.266 e. The van der Waals surface area contributed by atoms with Crippen LogP contribution in [0.5, 0.6) is 0 Å². The Balaban J connectivity index is 2.35. The molecule has 0 aromatic carbocycles. The predicted molar refractivity (Wildman–Crippen MR) is 77.0 cm³/mol. The number of carbonyl (C=O) groups excluding carboxylic acids is 2. The topological polar surface area (TPSA) is 62.6 Å². The van der Waals surface area contributed by atoms with Gasteiger partial charge in [0.2, 0.25) is 0 Å². The number of thiocarbonyl (C=S) groups is 1. The molecule has 1 aromatic heterocycles. The summed E-state index contributed by atoms with van der Waals surface area (Å²) < 4.78 is 5.88. The lowest BCUT2D eigenvalue weighted by atomic mass is 10.1. The van der Waals surface area contributed by atoms with Crippen LogP contribution in [0.25, 0.3) is 6.08 Å². The van der Waals surface area contributed by atoms with Gasteiger partial charge < -0.3 is 4.42 Å². The largest absolute Gasteiger partial charge is 0.464 e. The van der Waals surface area contributed by atoms with Crippen molar-refractivity contribution in [1.82, 2.24) is 10.2 Å². The zero-order valence-corrected chi connectivity index (χ0v) is 12.1. The van der Waals surface area contributed by atoms with E-state index in [2.05, 4.69) is 27.8 Å².